The molecule has 0 radical (unpaired) electrons. The topological polar surface area (TPSA) is 137 Å². The smallest absolute Gasteiger partial charge is 0.255 e. The van der Waals surface area contributed by atoms with Crippen molar-refractivity contribution in [1.82, 2.24) is 25.6 Å². The molecule has 206 valence electrons. The number of hydrogen-bond donors (Lipinski definition) is 3. The summed E-state index contributed by atoms with van der Waals surface area (Å²) < 4.78 is 22.6. The van der Waals surface area contributed by atoms with Gasteiger partial charge in [0.05, 0.1) is 23.3 Å². The minimum Gasteiger partial charge on any atom is -0.492 e. The number of hydrogen-bond acceptors (Lipinski definition) is 8. The van der Waals surface area contributed by atoms with Crippen LogP contribution in [0.4, 0.5) is 0 Å². The van der Waals surface area contributed by atoms with Crippen LogP contribution in [0.25, 0.3) is 22.3 Å². The molecule has 0 bridgehead atoms. The van der Waals surface area contributed by atoms with Crippen LogP contribution in [0.3, 0.4) is 0 Å². The first-order valence-electron chi connectivity index (χ1n) is 13.5. The summed E-state index contributed by atoms with van der Waals surface area (Å²) in [6, 6.07) is 3.85. The molecule has 3 aliphatic rings. The van der Waals surface area contributed by atoms with Gasteiger partial charge in [0.2, 0.25) is 12.7 Å². The molecule has 3 aromatic rings. The lowest BCUT2D eigenvalue weighted by Gasteiger charge is -2.29. The predicted molar refractivity (Wildman–Crippen MR) is 142 cm³/mol. The Morgan fingerprint density at radius 3 is 2.56 bits per heavy atom. The van der Waals surface area contributed by atoms with Gasteiger partial charge in [-0.05, 0) is 63.5 Å². The first-order chi connectivity index (χ1) is 19.0. The molecule has 1 aliphatic heterocycles. The first kappa shape index (κ1) is 25.4. The highest BCUT2D eigenvalue weighted by Gasteiger charge is 2.30. The molecule has 1 aromatic carbocycles. The molecule has 3 heterocycles. The van der Waals surface area contributed by atoms with Gasteiger partial charge in [-0.1, -0.05) is 0 Å². The Labute approximate surface area is 226 Å². The zero-order valence-corrected chi connectivity index (χ0v) is 22.2. The second kappa shape index (κ2) is 10.7. The van der Waals surface area contributed by atoms with Crippen molar-refractivity contribution < 1.29 is 28.5 Å². The Bertz CT molecular complexity index is 1390. The van der Waals surface area contributed by atoms with Crippen LogP contribution in [-0.2, 0) is 9.53 Å². The zero-order chi connectivity index (χ0) is 26.9. The number of fused-ring (bicyclic) bond motifs is 2. The van der Waals surface area contributed by atoms with Crippen LogP contribution in [0.2, 0.25) is 0 Å². The monoisotopic (exact) mass is 535 g/mol. The quantitative estimate of drug-likeness (QED) is 0.380. The summed E-state index contributed by atoms with van der Waals surface area (Å²) in [7, 11) is 1.50. The van der Waals surface area contributed by atoms with E-state index >= 15 is 0 Å². The molecule has 2 amide bonds. The molecule has 11 nitrogen and oxygen atoms in total. The highest BCUT2D eigenvalue weighted by Crippen LogP contribution is 2.48. The molecule has 0 atom stereocenters. The summed E-state index contributed by atoms with van der Waals surface area (Å²) in [4.78, 5) is 37.8. The third-order valence-electron chi connectivity index (χ3n) is 7.61. The number of benzene rings is 1. The van der Waals surface area contributed by atoms with E-state index in [1.807, 2.05) is 19.1 Å². The number of aryl methyl sites for hydroxylation is 1. The molecular weight excluding hydrogens is 502 g/mol. The van der Waals surface area contributed by atoms with Gasteiger partial charge in [-0.2, -0.15) is 0 Å². The fourth-order valence-electron chi connectivity index (χ4n) is 5.42. The van der Waals surface area contributed by atoms with Gasteiger partial charge in [0, 0.05) is 24.9 Å². The van der Waals surface area contributed by atoms with E-state index in [1.165, 1.54) is 26.3 Å². The highest BCUT2D eigenvalue weighted by molar-refractivity contribution is 6.09. The number of methoxy groups -OCH3 is 1. The van der Waals surface area contributed by atoms with Crippen molar-refractivity contribution in [2.75, 3.05) is 27.1 Å². The predicted octanol–water partition coefficient (Wildman–Crippen LogP) is 3.25. The van der Waals surface area contributed by atoms with Crippen molar-refractivity contribution in [2.24, 2.45) is 5.92 Å². The standard InChI is InChI=1S/C28H33N5O6/c1-15-22(28(35)33-18-7-5-17(6-8-18)32-21(34)12-36-2)24-26(31-15)25(30-13-29-24)23-19(37-11-16-3-4-16)9-10-20-27(23)39-14-38-20/h9-10,13,16-18,31H,3-8,11-12,14H2,1-2H3,(H,32,34)(H,33,35)/t17-,18+. The van der Waals surface area contributed by atoms with Crippen LogP contribution in [0.5, 0.6) is 17.2 Å². The van der Waals surface area contributed by atoms with Gasteiger partial charge >= 0.3 is 0 Å². The summed E-state index contributed by atoms with van der Waals surface area (Å²) in [6.45, 7) is 2.68. The van der Waals surface area contributed by atoms with Crippen LogP contribution < -0.4 is 24.8 Å². The minimum absolute atomic E-state index is 0.0177. The second-order valence-electron chi connectivity index (χ2n) is 10.5. The highest BCUT2D eigenvalue weighted by atomic mass is 16.7. The van der Waals surface area contributed by atoms with Gasteiger partial charge in [0.25, 0.3) is 5.91 Å². The largest absolute Gasteiger partial charge is 0.492 e. The molecule has 2 saturated carbocycles. The summed E-state index contributed by atoms with van der Waals surface area (Å²) in [6.07, 6.45) is 6.97. The number of rotatable bonds is 9. The number of carbonyl (C=O) groups is 2. The van der Waals surface area contributed by atoms with Crippen molar-refractivity contribution in [3.63, 3.8) is 0 Å². The number of ether oxygens (including phenoxy) is 4. The first-order valence-corrected chi connectivity index (χ1v) is 13.5. The average molecular weight is 536 g/mol. The van der Waals surface area contributed by atoms with E-state index in [-0.39, 0.29) is 37.3 Å². The van der Waals surface area contributed by atoms with E-state index < -0.39 is 0 Å². The number of carbonyl (C=O) groups excluding carboxylic acids is 2. The number of H-pyrrole nitrogens is 1. The lowest BCUT2D eigenvalue weighted by molar-refractivity contribution is -0.125. The van der Waals surface area contributed by atoms with Crippen LogP contribution in [-0.4, -0.2) is 66.0 Å². The van der Waals surface area contributed by atoms with E-state index in [2.05, 4.69) is 25.6 Å². The molecule has 2 aliphatic carbocycles. The van der Waals surface area contributed by atoms with Crippen molar-refractivity contribution >= 4 is 22.8 Å². The lowest BCUT2D eigenvalue weighted by atomic mass is 9.91. The van der Waals surface area contributed by atoms with Gasteiger partial charge < -0.3 is 34.6 Å². The van der Waals surface area contributed by atoms with Crippen LogP contribution in [0.15, 0.2) is 18.5 Å². The normalized spacial score (nSPS) is 20.2. The fraction of sp³-hybridized carbons (Fsp3) is 0.500. The van der Waals surface area contributed by atoms with Crippen molar-refractivity contribution in [1.29, 1.82) is 0 Å². The molecule has 39 heavy (non-hydrogen) atoms. The summed E-state index contributed by atoms with van der Waals surface area (Å²) in [5.74, 6) is 2.16. The van der Waals surface area contributed by atoms with Crippen molar-refractivity contribution in [3.05, 3.63) is 29.7 Å². The molecule has 11 heteroatoms. The molecular formula is C28H33N5O6. The second-order valence-corrected chi connectivity index (χ2v) is 10.5. The Morgan fingerprint density at radius 1 is 1.05 bits per heavy atom. The lowest BCUT2D eigenvalue weighted by Crippen LogP contribution is -2.44. The van der Waals surface area contributed by atoms with Crippen molar-refractivity contribution in [3.8, 4) is 28.5 Å². The number of aromatic nitrogens is 3. The maximum absolute atomic E-state index is 13.5. The number of nitrogens with one attached hydrogen (secondary N) is 3. The van der Waals surface area contributed by atoms with Gasteiger partial charge in [-0.25, -0.2) is 9.97 Å². The summed E-state index contributed by atoms with van der Waals surface area (Å²) >= 11 is 0. The SMILES string of the molecule is COCC(=O)N[C@H]1CC[C@@H](NC(=O)c2c(C)[nH]c3c(-c4c(OCC5CC5)ccc5c4OCO5)ncnc23)CC1. The van der Waals surface area contributed by atoms with Gasteiger partial charge in [0.15, 0.2) is 11.5 Å². The van der Waals surface area contributed by atoms with E-state index in [1.54, 1.807) is 0 Å². The van der Waals surface area contributed by atoms with E-state index in [9.17, 15) is 9.59 Å². The summed E-state index contributed by atoms with van der Waals surface area (Å²) in [5, 5.41) is 6.17. The van der Waals surface area contributed by atoms with E-state index in [0.717, 1.165) is 25.7 Å². The Morgan fingerprint density at radius 2 is 1.82 bits per heavy atom. The van der Waals surface area contributed by atoms with Crippen molar-refractivity contribution in [2.45, 2.75) is 57.5 Å². The van der Waals surface area contributed by atoms with Crippen LogP contribution in [0.1, 0.15) is 54.6 Å². The number of amides is 2. The molecule has 0 spiro atoms. The molecule has 2 fully saturated rings. The van der Waals surface area contributed by atoms with Gasteiger partial charge in [0.1, 0.15) is 29.9 Å². The Balaban J connectivity index is 1.24. The molecule has 3 N–H and O–H groups in total. The Kier molecular flexibility index (Phi) is 6.99. The van der Waals surface area contributed by atoms with Gasteiger partial charge in [-0.3, -0.25) is 9.59 Å². The number of aromatic amines is 1. The summed E-state index contributed by atoms with van der Waals surface area (Å²) in [5.41, 5.74) is 3.68. The average Bonchev–Trinajstić information content (AvgIpc) is 3.51. The van der Waals surface area contributed by atoms with Crippen LogP contribution in [0, 0.1) is 12.8 Å². The third kappa shape index (κ3) is 5.23. The molecule has 6 rings (SSSR count). The van der Waals surface area contributed by atoms with Crippen LogP contribution >= 0.6 is 0 Å². The minimum atomic E-state index is -0.182. The maximum Gasteiger partial charge on any atom is 0.255 e. The maximum atomic E-state index is 13.5. The molecule has 2 aromatic heterocycles. The van der Waals surface area contributed by atoms with Gasteiger partial charge in [-0.15, -0.1) is 0 Å². The molecule has 0 unspecified atom stereocenters. The Hall–Kier alpha value is -3.86. The molecule has 0 saturated heterocycles. The fourth-order valence-corrected chi connectivity index (χ4v) is 5.42. The number of nitrogens with zero attached hydrogens (tertiary/aromatic N) is 2. The third-order valence-corrected chi connectivity index (χ3v) is 7.61. The van der Waals surface area contributed by atoms with E-state index in [4.69, 9.17) is 18.9 Å². The van der Waals surface area contributed by atoms with E-state index in [0.29, 0.717) is 63.3 Å². The zero-order valence-electron chi connectivity index (χ0n) is 22.2.